The fraction of sp³-hybridized carbons (Fsp3) is 0.947. The summed E-state index contributed by atoms with van der Waals surface area (Å²) in [7, 11) is 0. The predicted molar refractivity (Wildman–Crippen MR) is 102 cm³/mol. The summed E-state index contributed by atoms with van der Waals surface area (Å²) in [5, 5.41) is 6.73. The molecule has 1 heterocycles. The molecule has 1 fully saturated rings. The molecule has 0 radical (unpaired) electrons. The van der Waals surface area contributed by atoms with Gasteiger partial charge in [0.05, 0.1) is 13.2 Å². The van der Waals surface area contributed by atoms with E-state index in [9.17, 15) is 0 Å². The van der Waals surface area contributed by atoms with Crippen molar-refractivity contribution < 1.29 is 9.47 Å². The molecule has 24 heavy (non-hydrogen) atoms. The van der Waals surface area contributed by atoms with Crippen LogP contribution in [0, 0.1) is 11.3 Å². The molecular formula is C19H39N3O2. The van der Waals surface area contributed by atoms with Crippen LogP contribution in [0.1, 0.15) is 59.8 Å². The fourth-order valence-corrected chi connectivity index (χ4v) is 2.65. The minimum atomic E-state index is 0.434. The average molecular weight is 342 g/mol. The minimum Gasteiger partial charge on any atom is -0.381 e. The highest BCUT2D eigenvalue weighted by molar-refractivity contribution is 5.79. The third kappa shape index (κ3) is 11.7. The summed E-state index contributed by atoms with van der Waals surface area (Å²) < 4.78 is 11.1. The Hall–Kier alpha value is -0.810. The molecule has 0 saturated carbocycles. The first-order valence-corrected chi connectivity index (χ1v) is 9.69. The van der Waals surface area contributed by atoms with Crippen molar-refractivity contribution in [2.75, 3.05) is 46.1 Å². The van der Waals surface area contributed by atoms with E-state index < -0.39 is 0 Å². The summed E-state index contributed by atoms with van der Waals surface area (Å²) in [6.07, 6.45) is 5.82. The van der Waals surface area contributed by atoms with Gasteiger partial charge in [-0.3, -0.25) is 4.99 Å². The van der Waals surface area contributed by atoms with Crippen molar-refractivity contribution in [2.24, 2.45) is 16.3 Å². The van der Waals surface area contributed by atoms with E-state index in [0.29, 0.717) is 11.3 Å². The molecule has 0 amide bonds. The third-order valence-electron chi connectivity index (χ3n) is 4.08. The number of nitrogens with one attached hydrogen (secondary N) is 2. The van der Waals surface area contributed by atoms with Gasteiger partial charge in [-0.25, -0.2) is 0 Å². The highest BCUT2D eigenvalue weighted by atomic mass is 16.5. The molecule has 1 unspecified atom stereocenters. The quantitative estimate of drug-likeness (QED) is 0.344. The monoisotopic (exact) mass is 341 g/mol. The van der Waals surface area contributed by atoms with Crippen LogP contribution >= 0.6 is 0 Å². The van der Waals surface area contributed by atoms with Crippen LogP contribution in [0.4, 0.5) is 0 Å². The highest BCUT2D eigenvalue weighted by Crippen LogP contribution is 2.21. The maximum atomic E-state index is 5.71. The maximum absolute atomic E-state index is 5.71. The van der Waals surface area contributed by atoms with E-state index >= 15 is 0 Å². The van der Waals surface area contributed by atoms with Crippen molar-refractivity contribution >= 4 is 5.96 Å². The molecule has 2 N–H and O–H groups in total. The number of aliphatic imine (C=N–C) groups is 1. The lowest BCUT2D eigenvalue weighted by Gasteiger charge is -2.18. The number of nitrogens with zero attached hydrogens (tertiary/aromatic N) is 1. The normalized spacial score (nSPS) is 18.8. The summed E-state index contributed by atoms with van der Waals surface area (Å²) >= 11 is 0. The molecule has 0 spiro atoms. The Balaban J connectivity index is 2.05. The summed E-state index contributed by atoms with van der Waals surface area (Å²) in [5.41, 5.74) is 0.434. The number of hydrogen-bond acceptors (Lipinski definition) is 3. The van der Waals surface area contributed by atoms with E-state index in [1.54, 1.807) is 0 Å². The number of unbranched alkanes of at least 4 members (excludes halogenated alkanes) is 1. The second-order valence-corrected chi connectivity index (χ2v) is 7.86. The van der Waals surface area contributed by atoms with Crippen LogP contribution < -0.4 is 10.6 Å². The van der Waals surface area contributed by atoms with Gasteiger partial charge in [0.25, 0.3) is 0 Å². The molecule has 5 nitrogen and oxygen atoms in total. The Bertz CT molecular complexity index is 334. The van der Waals surface area contributed by atoms with Crippen LogP contribution in [0.25, 0.3) is 0 Å². The van der Waals surface area contributed by atoms with Crippen molar-refractivity contribution in [3.05, 3.63) is 0 Å². The molecule has 142 valence electrons. The first-order chi connectivity index (χ1) is 11.5. The molecule has 1 atom stereocenters. The van der Waals surface area contributed by atoms with Gasteiger partial charge >= 0.3 is 0 Å². The second-order valence-electron chi connectivity index (χ2n) is 7.86. The van der Waals surface area contributed by atoms with Crippen molar-refractivity contribution in [3.63, 3.8) is 0 Å². The van der Waals surface area contributed by atoms with Gasteiger partial charge in [0.2, 0.25) is 0 Å². The van der Waals surface area contributed by atoms with Crippen molar-refractivity contribution in [1.29, 1.82) is 0 Å². The summed E-state index contributed by atoms with van der Waals surface area (Å²) in [6.45, 7) is 15.1. The largest absolute Gasteiger partial charge is 0.381 e. The molecule has 0 bridgehead atoms. The van der Waals surface area contributed by atoms with Crippen LogP contribution in [0.15, 0.2) is 4.99 Å². The van der Waals surface area contributed by atoms with Gasteiger partial charge in [-0.15, -0.1) is 0 Å². The average Bonchev–Trinajstić information content (AvgIpc) is 3.02. The number of guanidine groups is 1. The van der Waals surface area contributed by atoms with Crippen LogP contribution in [0.2, 0.25) is 0 Å². The third-order valence-corrected chi connectivity index (χ3v) is 4.08. The van der Waals surface area contributed by atoms with Gasteiger partial charge in [-0.05, 0) is 38.0 Å². The van der Waals surface area contributed by atoms with E-state index in [0.717, 1.165) is 64.9 Å². The molecule has 1 aliphatic rings. The van der Waals surface area contributed by atoms with Gasteiger partial charge in [0, 0.05) is 38.8 Å². The first-order valence-electron chi connectivity index (χ1n) is 9.69. The molecule has 1 aliphatic heterocycles. The first kappa shape index (κ1) is 21.2. The fourth-order valence-electron chi connectivity index (χ4n) is 2.65. The van der Waals surface area contributed by atoms with Crippen molar-refractivity contribution in [2.45, 2.75) is 59.8 Å². The molecule has 5 heteroatoms. The number of rotatable bonds is 11. The zero-order valence-electron chi connectivity index (χ0n) is 16.3. The Morgan fingerprint density at radius 2 is 2.04 bits per heavy atom. The lowest BCUT2D eigenvalue weighted by molar-refractivity contribution is 0.0893. The number of ether oxygens (including phenoxy) is 2. The highest BCUT2D eigenvalue weighted by Gasteiger charge is 2.15. The van der Waals surface area contributed by atoms with Gasteiger partial charge in [-0.1, -0.05) is 27.2 Å². The second kappa shape index (κ2) is 12.5. The molecule has 0 aromatic carbocycles. The lowest BCUT2D eigenvalue weighted by atomic mass is 9.90. The SMILES string of the molecule is CCNC(=NCCCOCC1CCOC1)NCCCCC(C)(C)C. The summed E-state index contributed by atoms with van der Waals surface area (Å²) in [6, 6.07) is 0. The van der Waals surface area contributed by atoms with E-state index in [1.165, 1.54) is 19.3 Å². The van der Waals surface area contributed by atoms with Crippen molar-refractivity contribution in [1.82, 2.24) is 10.6 Å². The maximum Gasteiger partial charge on any atom is 0.191 e. The zero-order chi connectivity index (χ0) is 17.7. The van der Waals surface area contributed by atoms with Gasteiger partial charge < -0.3 is 20.1 Å². The molecule has 0 aliphatic carbocycles. The van der Waals surface area contributed by atoms with Crippen LogP contribution in [-0.4, -0.2) is 52.0 Å². The van der Waals surface area contributed by atoms with Crippen molar-refractivity contribution in [3.8, 4) is 0 Å². The molecule has 0 aromatic rings. The van der Waals surface area contributed by atoms with Gasteiger partial charge in [0.1, 0.15) is 0 Å². The number of hydrogen-bond donors (Lipinski definition) is 2. The summed E-state index contributed by atoms with van der Waals surface area (Å²) in [4.78, 5) is 4.62. The van der Waals surface area contributed by atoms with Crippen LogP contribution in [0.5, 0.6) is 0 Å². The van der Waals surface area contributed by atoms with Crippen LogP contribution in [0.3, 0.4) is 0 Å². The Kier molecular flexibility index (Phi) is 11.1. The molecule has 1 saturated heterocycles. The standard InChI is InChI=1S/C19H39N3O2/c1-5-20-18(21-11-7-6-10-19(2,3)4)22-12-8-13-23-15-17-9-14-24-16-17/h17H,5-16H2,1-4H3,(H2,20,21,22). The predicted octanol–water partition coefficient (Wildman–Crippen LogP) is 3.20. The summed E-state index contributed by atoms with van der Waals surface area (Å²) in [5.74, 6) is 1.53. The lowest BCUT2D eigenvalue weighted by Crippen LogP contribution is -2.38. The van der Waals surface area contributed by atoms with E-state index in [-0.39, 0.29) is 0 Å². The van der Waals surface area contributed by atoms with Gasteiger partial charge in [0.15, 0.2) is 5.96 Å². The molecular weight excluding hydrogens is 302 g/mol. The van der Waals surface area contributed by atoms with Gasteiger partial charge in [-0.2, -0.15) is 0 Å². The zero-order valence-corrected chi connectivity index (χ0v) is 16.3. The van der Waals surface area contributed by atoms with Crippen LogP contribution in [-0.2, 0) is 9.47 Å². The van der Waals surface area contributed by atoms with E-state index in [4.69, 9.17) is 9.47 Å². The van der Waals surface area contributed by atoms with E-state index in [1.807, 2.05) is 0 Å². The molecule has 0 aromatic heterocycles. The smallest absolute Gasteiger partial charge is 0.191 e. The Labute approximate surface area is 149 Å². The Morgan fingerprint density at radius 3 is 2.71 bits per heavy atom. The topological polar surface area (TPSA) is 54.9 Å². The minimum absolute atomic E-state index is 0.434. The van der Waals surface area contributed by atoms with E-state index in [2.05, 4.69) is 43.3 Å². The Morgan fingerprint density at radius 1 is 1.21 bits per heavy atom. The molecule has 1 rings (SSSR count).